The maximum absolute atomic E-state index is 12.8. The molecule has 0 bridgehead atoms. The molecule has 0 unspecified atom stereocenters. The average Bonchev–Trinajstić information content (AvgIpc) is 3.44. The zero-order valence-electron chi connectivity index (χ0n) is 14.9. The van der Waals surface area contributed by atoms with Crippen LogP contribution in [0.2, 0.25) is 5.02 Å². The van der Waals surface area contributed by atoms with E-state index in [4.69, 9.17) is 20.8 Å². The summed E-state index contributed by atoms with van der Waals surface area (Å²) in [4.78, 5) is 19.1. The predicted octanol–water partition coefficient (Wildman–Crippen LogP) is 4.77. The average molecular weight is 403 g/mol. The van der Waals surface area contributed by atoms with Crippen molar-refractivity contribution in [1.29, 1.82) is 0 Å². The molecule has 7 heteroatoms. The topological polar surface area (TPSA) is 55.6 Å². The number of rotatable bonds is 7. The van der Waals surface area contributed by atoms with Crippen LogP contribution in [-0.2, 0) is 11.3 Å². The Morgan fingerprint density at radius 3 is 2.78 bits per heavy atom. The van der Waals surface area contributed by atoms with Crippen LogP contribution in [0.1, 0.15) is 18.4 Å². The van der Waals surface area contributed by atoms with Crippen molar-refractivity contribution in [2.75, 3.05) is 12.9 Å². The first kappa shape index (κ1) is 18.2. The van der Waals surface area contributed by atoms with Crippen LogP contribution in [0.4, 0.5) is 0 Å². The number of oxazole rings is 1. The lowest BCUT2D eigenvalue weighted by molar-refractivity contribution is -0.129. The van der Waals surface area contributed by atoms with E-state index >= 15 is 0 Å². The SMILES string of the molecule is COc1ccc(CN(C(=O)CSc2nc3cc(Cl)ccc3o2)C2CC2)cc1. The summed E-state index contributed by atoms with van der Waals surface area (Å²) in [5.74, 6) is 1.21. The van der Waals surface area contributed by atoms with Crippen molar-refractivity contribution in [2.45, 2.75) is 30.7 Å². The first-order valence-corrected chi connectivity index (χ1v) is 10.1. The number of halogens is 1. The van der Waals surface area contributed by atoms with Crippen LogP contribution in [-0.4, -0.2) is 34.7 Å². The number of methoxy groups -OCH3 is 1. The van der Waals surface area contributed by atoms with Crippen LogP contribution in [0.5, 0.6) is 5.75 Å². The molecular weight excluding hydrogens is 384 g/mol. The van der Waals surface area contributed by atoms with Crippen molar-refractivity contribution in [3.8, 4) is 5.75 Å². The molecule has 1 saturated carbocycles. The molecular formula is C20H19ClN2O3S. The van der Waals surface area contributed by atoms with Gasteiger partial charge in [0.05, 0.1) is 12.9 Å². The third kappa shape index (κ3) is 4.39. The molecule has 0 saturated heterocycles. The van der Waals surface area contributed by atoms with Gasteiger partial charge in [-0.2, -0.15) is 0 Å². The van der Waals surface area contributed by atoms with Gasteiger partial charge in [-0.1, -0.05) is 35.5 Å². The van der Waals surface area contributed by atoms with E-state index in [1.165, 1.54) is 11.8 Å². The molecule has 0 aliphatic heterocycles. The van der Waals surface area contributed by atoms with Crippen LogP contribution in [0.3, 0.4) is 0 Å². The Hall–Kier alpha value is -2.18. The van der Waals surface area contributed by atoms with Gasteiger partial charge >= 0.3 is 0 Å². The van der Waals surface area contributed by atoms with E-state index in [1.54, 1.807) is 25.3 Å². The number of carbonyl (C=O) groups is 1. The highest BCUT2D eigenvalue weighted by Gasteiger charge is 2.32. The van der Waals surface area contributed by atoms with Gasteiger partial charge < -0.3 is 14.1 Å². The second kappa shape index (κ2) is 7.82. The molecule has 1 fully saturated rings. The smallest absolute Gasteiger partial charge is 0.257 e. The third-order valence-electron chi connectivity index (χ3n) is 4.47. The summed E-state index contributed by atoms with van der Waals surface area (Å²) < 4.78 is 10.9. The summed E-state index contributed by atoms with van der Waals surface area (Å²) in [5, 5.41) is 1.10. The predicted molar refractivity (Wildman–Crippen MR) is 106 cm³/mol. The van der Waals surface area contributed by atoms with Crippen molar-refractivity contribution >= 4 is 40.4 Å². The zero-order chi connectivity index (χ0) is 18.8. The van der Waals surface area contributed by atoms with Crippen molar-refractivity contribution in [3.63, 3.8) is 0 Å². The minimum atomic E-state index is 0.0959. The number of thioether (sulfide) groups is 1. The summed E-state index contributed by atoms with van der Waals surface area (Å²) in [5.41, 5.74) is 2.47. The van der Waals surface area contributed by atoms with Gasteiger partial charge in [0.25, 0.3) is 5.22 Å². The largest absolute Gasteiger partial charge is 0.497 e. The molecule has 1 heterocycles. The first-order valence-electron chi connectivity index (χ1n) is 8.73. The van der Waals surface area contributed by atoms with Gasteiger partial charge in [-0.15, -0.1) is 0 Å². The molecule has 1 aliphatic rings. The van der Waals surface area contributed by atoms with E-state index in [2.05, 4.69) is 4.98 Å². The van der Waals surface area contributed by atoms with Gasteiger partial charge in [0.1, 0.15) is 11.3 Å². The molecule has 2 aromatic carbocycles. The van der Waals surface area contributed by atoms with Crippen LogP contribution in [0, 0.1) is 0 Å². The highest BCUT2D eigenvalue weighted by atomic mass is 35.5. The minimum absolute atomic E-state index is 0.0959. The molecule has 1 aromatic heterocycles. The van der Waals surface area contributed by atoms with E-state index in [1.807, 2.05) is 29.2 Å². The number of benzene rings is 2. The Morgan fingerprint density at radius 1 is 1.30 bits per heavy atom. The van der Waals surface area contributed by atoms with Crippen molar-refractivity contribution < 1.29 is 13.9 Å². The number of nitrogens with zero attached hydrogens (tertiary/aromatic N) is 2. The molecule has 3 aromatic rings. The van der Waals surface area contributed by atoms with E-state index < -0.39 is 0 Å². The molecule has 0 spiro atoms. The summed E-state index contributed by atoms with van der Waals surface area (Å²) in [6.07, 6.45) is 2.13. The number of carbonyl (C=O) groups excluding carboxylic acids is 1. The molecule has 0 atom stereocenters. The number of fused-ring (bicyclic) bond motifs is 1. The van der Waals surface area contributed by atoms with E-state index in [9.17, 15) is 4.79 Å². The normalized spacial score (nSPS) is 13.7. The molecule has 1 aliphatic carbocycles. The zero-order valence-corrected chi connectivity index (χ0v) is 16.4. The van der Waals surface area contributed by atoms with Crippen LogP contribution in [0.25, 0.3) is 11.1 Å². The fourth-order valence-electron chi connectivity index (χ4n) is 2.88. The standard InChI is InChI=1S/C20H19ClN2O3S/c1-25-16-7-2-13(3-8-16)11-23(15-5-6-15)19(24)12-27-20-22-17-10-14(21)4-9-18(17)26-20/h2-4,7-10,15H,5-6,11-12H2,1H3. The summed E-state index contributed by atoms with van der Waals surface area (Å²) in [6.45, 7) is 0.608. The van der Waals surface area contributed by atoms with Gasteiger partial charge in [0.15, 0.2) is 5.58 Å². The number of amides is 1. The van der Waals surface area contributed by atoms with Crippen LogP contribution in [0.15, 0.2) is 52.1 Å². The Labute approximate surface area is 166 Å². The first-order chi connectivity index (χ1) is 13.1. The highest BCUT2D eigenvalue weighted by molar-refractivity contribution is 7.99. The maximum Gasteiger partial charge on any atom is 0.257 e. The van der Waals surface area contributed by atoms with Crippen molar-refractivity contribution in [3.05, 3.63) is 53.1 Å². The lowest BCUT2D eigenvalue weighted by atomic mass is 10.2. The second-order valence-electron chi connectivity index (χ2n) is 6.48. The fourth-order valence-corrected chi connectivity index (χ4v) is 3.77. The Bertz CT molecular complexity index is 954. The summed E-state index contributed by atoms with van der Waals surface area (Å²) >= 11 is 7.30. The van der Waals surface area contributed by atoms with Gasteiger partial charge in [0.2, 0.25) is 5.91 Å². The Kier molecular flexibility index (Phi) is 5.27. The molecule has 5 nitrogen and oxygen atoms in total. The van der Waals surface area contributed by atoms with Gasteiger partial charge in [-0.3, -0.25) is 4.79 Å². The Morgan fingerprint density at radius 2 is 2.07 bits per heavy atom. The molecule has 1 amide bonds. The van der Waals surface area contributed by atoms with Crippen LogP contribution < -0.4 is 4.74 Å². The Balaban J connectivity index is 1.40. The number of aromatic nitrogens is 1. The number of hydrogen-bond donors (Lipinski definition) is 0. The molecule has 27 heavy (non-hydrogen) atoms. The second-order valence-corrected chi connectivity index (χ2v) is 7.84. The lowest BCUT2D eigenvalue weighted by Crippen LogP contribution is -2.33. The molecule has 0 N–H and O–H groups in total. The molecule has 140 valence electrons. The third-order valence-corrected chi connectivity index (χ3v) is 5.52. The van der Waals surface area contributed by atoms with Crippen LogP contribution >= 0.6 is 23.4 Å². The number of hydrogen-bond acceptors (Lipinski definition) is 5. The summed E-state index contributed by atoms with van der Waals surface area (Å²) in [6, 6.07) is 13.5. The quantitative estimate of drug-likeness (QED) is 0.532. The van der Waals surface area contributed by atoms with Crippen molar-refractivity contribution in [2.24, 2.45) is 0 Å². The highest BCUT2D eigenvalue weighted by Crippen LogP contribution is 2.31. The fraction of sp³-hybridized carbons (Fsp3) is 0.300. The monoisotopic (exact) mass is 402 g/mol. The number of ether oxygens (including phenoxy) is 1. The van der Waals surface area contributed by atoms with E-state index in [0.29, 0.717) is 39.7 Å². The molecule has 0 radical (unpaired) electrons. The maximum atomic E-state index is 12.8. The van der Waals surface area contributed by atoms with E-state index in [0.717, 1.165) is 24.2 Å². The molecule has 4 rings (SSSR count). The lowest BCUT2D eigenvalue weighted by Gasteiger charge is -2.22. The van der Waals surface area contributed by atoms with Gasteiger partial charge in [-0.05, 0) is 48.7 Å². The van der Waals surface area contributed by atoms with Gasteiger partial charge in [0, 0.05) is 17.6 Å². The van der Waals surface area contributed by atoms with Crippen molar-refractivity contribution in [1.82, 2.24) is 9.88 Å². The van der Waals surface area contributed by atoms with Gasteiger partial charge in [-0.25, -0.2) is 4.98 Å². The summed E-state index contributed by atoms with van der Waals surface area (Å²) in [7, 11) is 1.65. The minimum Gasteiger partial charge on any atom is -0.497 e. The van der Waals surface area contributed by atoms with E-state index in [-0.39, 0.29) is 5.91 Å².